The van der Waals surface area contributed by atoms with Gasteiger partial charge < -0.3 is 40.8 Å². The Balaban J connectivity index is 2.18. The highest BCUT2D eigenvalue weighted by Crippen LogP contribution is 2.32. The largest absolute Gasteiger partial charge is 0.769 e. The van der Waals surface area contributed by atoms with Crippen LogP contribution in [0.4, 0.5) is 17.1 Å². The highest BCUT2D eigenvalue weighted by molar-refractivity contribution is 5.73. The van der Waals surface area contributed by atoms with Gasteiger partial charge in [0, 0.05) is 5.69 Å². The van der Waals surface area contributed by atoms with Gasteiger partial charge in [-0.15, -0.1) is 5.23 Å². The van der Waals surface area contributed by atoms with Crippen LogP contribution in [0.5, 0.6) is 0 Å². The quantitative estimate of drug-likeness (QED) is 0.283. The molecule has 0 radical (unpaired) electrons. The van der Waals surface area contributed by atoms with Crippen LogP contribution in [0.1, 0.15) is 5.56 Å². The molecule has 2 rings (SSSR count). The van der Waals surface area contributed by atoms with E-state index in [0.717, 1.165) is 12.1 Å². The third-order valence-corrected chi connectivity index (χ3v) is 3.91. The summed E-state index contributed by atoms with van der Waals surface area (Å²) in [6, 6.07) is 2.14. The van der Waals surface area contributed by atoms with Crippen molar-refractivity contribution in [3.63, 3.8) is 0 Å². The van der Waals surface area contributed by atoms with E-state index in [4.69, 9.17) is 25.1 Å². The summed E-state index contributed by atoms with van der Waals surface area (Å²) in [6.45, 7) is 0.643. The Morgan fingerprint density at radius 1 is 1.12 bits per heavy atom. The van der Waals surface area contributed by atoms with E-state index in [0.29, 0.717) is 0 Å². The molecule has 1 fully saturated rings. The Hall–Kier alpha value is -1.78. The fourth-order valence-corrected chi connectivity index (χ4v) is 2.43. The molecule has 0 spiro atoms. The third-order valence-electron chi connectivity index (χ3n) is 3.91. The second-order valence-electron chi connectivity index (χ2n) is 5.60. The van der Waals surface area contributed by atoms with Crippen molar-refractivity contribution in [3.8, 4) is 0 Å². The second kappa shape index (κ2) is 8.28. The topological polar surface area (TPSA) is 204 Å². The first-order valence-electron chi connectivity index (χ1n) is 7.36. The van der Waals surface area contributed by atoms with Gasteiger partial charge in [0.1, 0.15) is 30.1 Å². The molecule has 13 heteroatoms. The Morgan fingerprint density at radius 3 is 2.27 bits per heavy atom. The Morgan fingerprint density at radius 2 is 1.73 bits per heavy atom. The van der Waals surface area contributed by atoms with Crippen LogP contribution in [-0.4, -0.2) is 68.2 Å². The lowest BCUT2D eigenvalue weighted by molar-refractivity contribution is -0.294. The molecule has 1 saturated heterocycles. The average molecular weight is 377 g/mol. The molecule has 1 heterocycles. The van der Waals surface area contributed by atoms with Crippen molar-refractivity contribution in [1.29, 1.82) is 0 Å². The smallest absolute Gasteiger partial charge is 0.212 e. The van der Waals surface area contributed by atoms with E-state index in [2.05, 4.69) is 5.48 Å². The van der Waals surface area contributed by atoms with Gasteiger partial charge in [-0.3, -0.25) is 15.9 Å². The molecule has 5 unspecified atom stereocenters. The molecule has 148 valence electrons. The number of ether oxygens (including phenoxy) is 1. The van der Waals surface area contributed by atoms with Crippen molar-refractivity contribution in [3.05, 3.63) is 28.1 Å². The van der Waals surface area contributed by atoms with Crippen LogP contribution in [0.2, 0.25) is 0 Å². The molecule has 26 heavy (non-hydrogen) atoms. The summed E-state index contributed by atoms with van der Waals surface area (Å²) in [7, 11) is 0. The molecule has 0 saturated carbocycles. The van der Waals surface area contributed by atoms with Crippen LogP contribution >= 0.6 is 0 Å². The predicted octanol–water partition coefficient (Wildman–Crippen LogP) is -1.47. The first-order chi connectivity index (χ1) is 12.2. The van der Waals surface area contributed by atoms with E-state index in [1.165, 1.54) is 6.92 Å². The minimum absolute atomic E-state index is 0.0293. The van der Waals surface area contributed by atoms with Gasteiger partial charge in [-0.1, -0.05) is 0 Å². The normalized spacial score (nSPS) is 28.7. The van der Waals surface area contributed by atoms with Crippen molar-refractivity contribution in [2.45, 2.75) is 37.6 Å². The van der Waals surface area contributed by atoms with Crippen LogP contribution in [0.15, 0.2) is 12.1 Å². The SMILES string of the molecule is Cc1c(N([O-])[O-])cc(NOC2OC(CO)C(O)C(O)C2O)cc1N(O)O. The summed E-state index contributed by atoms with van der Waals surface area (Å²) in [5, 5.41) is 77.7. The van der Waals surface area contributed by atoms with Crippen LogP contribution in [-0.2, 0) is 9.57 Å². The molecule has 1 aromatic carbocycles. The monoisotopic (exact) mass is 377 g/mol. The Bertz CT molecular complexity index is 585. The third kappa shape index (κ3) is 4.13. The first kappa shape index (κ1) is 20.5. The predicted molar refractivity (Wildman–Crippen MR) is 84.9 cm³/mol. The van der Waals surface area contributed by atoms with Crippen LogP contribution in [0.3, 0.4) is 0 Å². The number of hydrogen-bond donors (Lipinski definition) is 7. The van der Waals surface area contributed by atoms with E-state index in [1.54, 1.807) is 0 Å². The van der Waals surface area contributed by atoms with Gasteiger partial charge >= 0.3 is 0 Å². The summed E-state index contributed by atoms with van der Waals surface area (Å²) >= 11 is 0. The molecule has 0 amide bonds. The van der Waals surface area contributed by atoms with E-state index in [-0.39, 0.29) is 22.2 Å². The van der Waals surface area contributed by atoms with E-state index in [9.17, 15) is 25.7 Å². The number of rotatable bonds is 6. The maximum absolute atomic E-state index is 11.1. The highest BCUT2D eigenvalue weighted by atomic mass is 16.8. The average Bonchev–Trinajstić information content (AvgIpc) is 2.59. The van der Waals surface area contributed by atoms with Gasteiger partial charge in [0.2, 0.25) is 6.29 Å². The number of nitrogens with zero attached hydrogens (tertiary/aromatic N) is 2. The van der Waals surface area contributed by atoms with Gasteiger partial charge in [-0.25, -0.2) is 4.84 Å². The minimum atomic E-state index is -1.69. The van der Waals surface area contributed by atoms with Crippen molar-refractivity contribution in [2.24, 2.45) is 0 Å². The summed E-state index contributed by atoms with van der Waals surface area (Å²) < 4.78 is 5.09. The molecule has 0 bridgehead atoms. The van der Waals surface area contributed by atoms with Crippen molar-refractivity contribution in [1.82, 2.24) is 0 Å². The Kier molecular flexibility index (Phi) is 6.53. The van der Waals surface area contributed by atoms with Crippen LogP contribution in [0.25, 0.3) is 0 Å². The zero-order valence-corrected chi connectivity index (χ0v) is 13.5. The lowest BCUT2D eigenvalue weighted by Crippen LogP contribution is -2.59. The molecule has 1 aromatic rings. The van der Waals surface area contributed by atoms with Crippen molar-refractivity contribution >= 4 is 17.1 Å². The lowest BCUT2D eigenvalue weighted by atomic mass is 9.99. The summed E-state index contributed by atoms with van der Waals surface area (Å²) in [4.78, 5) is 5.03. The number of benzene rings is 1. The molecule has 5 atom stereocenters. The first-order valence-corrected chi connectivity index (χ1v) is 7.36. The standard InChI is InChI=1S/C13H19N3O10/c1-5-7(15(21)22)2-6(3-8(5)16(23)24)14-26-13-12(20)11(19)10(18)9(4-17)25-13/h2-3,9-14,17-22H,4H2,1H3/q-2. The maximum Gasteiger partial charge on any atom is 0.212 e. The molecule has 13 nitrogen and oxygen atoms in total. The zero-order chi connectivity index (χ0) is 19.6. The molecule has 7 N–H and O–H groups in total. The van der Waals surface area contributed by atoms with Gasteiger partial charge in [0.05, 0.1) is 12.3 Å². The fourth-order valence-electron chi connectivity index (χ4n) is 2.43. The molecular weight excluding hydrogens is 358 g/mol. The van der Waals surface area contributed by atoms with Gasteiger partial charge in [0.15, 0.2) is 0 Å². The van der Waals surface area contributed by atoms with Crippen LogP contribution < -0.4 is 15.9 Å². The fraction of sp³-hybridized carbons (Fsp3) is 0.538. The number of aliphatic hydroxyl groups excluding tert-OH is 4. The van der Waals surface area contributed by atoms with Gasteiger partial charge in [-0.2, -0.15) is 0 Å². The molecule has 1 aliphatic heterocycles. The van der Waals surface area contributed by atoms with Crippen molar-refractivity contribution < 1.29 is 40.4 Å². The van der Waals surface area contributed by atoms with Gasteiger partial charge in [0.25, 0.3) is 0 Å². The number of anilines is 3. The Labute approximate surface area is 146 Å². The number of hydrogen-bond acceptors (Lipinski definition) is 13. The van der Waals surface area contributed by atoms with E-state index < -0.39 is 48.2 Å². The minimum Gasteiger partial charge on any atom is -0.769 e. The molecule has 0 aromatic heterocycles. The number of aliphatic hydroxyl groups is 4. The zero-order valence-electron chi connectivity index (χ0n) is 13.5. The van der Waals surface area contributed by atoms with Crippen LogP contribution in [0, 0.1) is 17.3 Å². The highest BCUT2D eigenvalue weighted by Gasteiger charge is 2.44. The maximum atomic E-state index is 11.1. The second-order valence-corrected chi connectivity index (χ2v) is 5.60. The summed E-state index contributed by atoms with van der Waals surface area (Å²) in [5.74, 6) is 0. The van der Waals surface area contributed by atoms with Gasteiger partial charge in [-0.05, 0) is 24.6 Å². The summed E-state index contributed by atoms with van der Waals surface area (Å²) in [6.07, 6.45) is -7.66. The van der Waals surface area contributed by atoms with E-state index >= 15 is 0 Å². The molecular formula is C13H19N3O10-2. The van der Waals surface area contributed by atoms with Crippen molar-refractivity contribution in [2.75, 3.05) is 22.5 Å². The van der Waals surface area contributed by atoms with E-state index in [1.807, 2.05) is 0 Å². The lowest BCUT2D eigenvalue weighted by Gasteiger charge is -2.40. The number of nitrogens with one attached hydrogen (secondary N) is 1. The molecule has 1 aliphatic rings. The summed E-state index contributed by atoms with van der Waals surface area (Å²) in [5.41, 5.74) is 1.35. The molecule has 0 aliphatic carbocycles.